The van der Waals surface area contributed by atoms with E-state index in [1.807, 2.05) is 0 Å². The van der Waals surface area contributed by atoms with Crippen LogP contribution in [0.15, 0.2) is 29.1 Å². The number of carbonyl (C=O) groups excluding carboxylic acids is 1. The van der Waals surface area contributed by atoms with Gasteiger partial charge in [0.2, 0.25) is 0 Å². The van der Waals surface area contributed by atoms with E-state index in [9.17, 15) is 22.8 Å². The van der Waals surface area contributed by atoms with Gasteiger partial charge >= 0.3 is 6.18 Å². The Bertz CT molecular complexity index is 917. The highest BCUT2D eigenvalue weighted by atomic mass is 35.5. The highest BCUT2D eigenvalue weighted by Gasteiger charge is 2.32. The number of rotatable bonds is 1. The Morgan fingerprint density at radius 3 is 2.32 bits per heavy atom. The molecule has 0 aliphatic carbocycles. The zero-order valence-corrected chi connectivity index (χ0v) is 14.2. The summed E-state index contributed by atoms with van der Waals surface area (Å²) >= 11 is 6.03. The fraction of sp³-hybridized carbons (Fsp3) is 0.294. The van der Waals surface area contributed by atoms with E-state index in [-0.39, 0.29) is 29.2 Å². The average Bonchev–Trinajstić information content (AvgIpc) is 3.02. The molecule has 1 aliphatic heterocycles. The number of pyridine rings is 1. The molecule has 0 saturated heterocycles. The quantitative estimate of drug-likeness (QED) is 0.770. The summed E-state index contributed by atoms with van der Waals surface area (Å²) in [5.74, 6) is -0.395. The van der Waals surface area contributed by atoms with Gasteiger partial charge in [0.05, 0.1) is 12.1 Å². The largest absolute Gasteiger partial charge is 0.416 e. The summed E-state index contributed by atoms with van der Waals surface area (Å²) in [6, 6.07) is 4.09. The Kier molecular flexibility index (Phi) is 4.15. The number of hydrogen-bond acceptors (Lipinski definition) is 2. The Morgan fingerprint density at radius 2 is 1.76 bits per heavy atom. The van der Waals surface area contributed by atoms with Crippen LogP contribution in [0.4, 0.5) is 13.2 Å². The van der Waals surface area contributed by atoms with Crippen LogP contribution in [-0.4, -0.2) is 15.4 Å². The van der Waals surface area contributed by atoms with Crippen LogP contribution in [0.5, 0.6) is 0 Å². The minimum absolute atomic E-state index is 0.116. The molecular formula is C17H14ClF3N2O2. The number of halogens is 4. The highest BCUT2D eigenvalue weighted by Crippen LogP contribution is 2.31. The first kappa shape index (κ1) is 17.5. The molecule has 4 nitrogen and oxygen atoms in total. The van der Waals surface area contributed by atoms with Crippen molar-refractivity contribution in [3.05, 3.63) is 67.6 Å². The first-order valence-corrected chi connectivity index (χ1v) is 7.82. The second-order valence-electron chi connectivity index (χ2n) is 5.96. The molecule has 2 aromatic rings. The molecule has 0 N–H and O–H groups in total. The number of amides is 1. The van der Waals surface area contributed by atoms with Gasteiger partial charge < -0.3 is 9.47 Å². The second kappa shape index (κ2) is 5.91. The fourth-order valence-electron chi connectivity index (χ4n) is 2.95. The number of nitrogens with zero attached hydrogens (tertiary/aromatic N) is 2. The molecule has 132 valence electrons. The van der Waals surface area contributed by atoms with E-state index in [0.29, 0.717) is 11.3 Å². The van der Waals surface area contributed by atoms with E-state index in [0.717, 1.165) is 29.8 Å². The summed E-state index contributed by atoms with van der Waals surface area (Å²) in [6.07, 6.45) is -4.45. The summed E-state index contributed by atoms with van der Waals surface area (Å²) in [6.45, 7) is 2.18. The van der Waals surface area contributed by atoms with E-state index in [2.05, 4.69) is 0 Å². The zero-order valence-electron chi connectivity index (χ0n) is 13.4. The Hall–Kier alpha value is -2.28. The predicted molar refractivity (Wildman–Crippen MR) is 86.5 cm³/mol. The van der Waals surface area contributed by atoms with Gasteiger partial charge in [-0.15, -0.1) is 0 Å². The molecule has 1 amide bonds. The topological polar surface area (TPSA) is 42.3 Å². The van der Waals surface area contributed by atoms with Gasteiger partial charge in [0.15, 0.2) is 0 Å². The molecule has 3 rings (SSSR count). The van der Waals surface area contributed by atoms with Crippen LogP contribution in [0.1, 0.15) is 32.7 Å². The van der Waals surface area contributed by atoms with Crippen molar-refractivity contribution in [1.82, 2.24) is 9.47 Å². The van der Waals surface area contributed by atoms with E-state index in [1.165, 1.54) is 9.47 Å². The summed E-state index contributed by atoms with van der Waals surface area (Å²) in [5.41, 5.74) is 1.14. The fourth-order valence-corrected chi connectivity index (χ4v) is 3.19. The number of benzene rings is 1. The maximum atomic E-state index is 12.6. The molecular weight excluding hydrogens is 357 g/mol. The van der Waals surface area contributed by atoms with Gasteiger partial charge in [-0.05, 0) is 42.3 Å². The van der Waals surface area contributed by atoms with E-state index < -0.39 is 17.6 Å². The lowest BCUT2D eigenvalue weighted by atomic mass is 10.1. The Morgan fingerprint density at radius 1 is 1.16 bits per heavy atom. The maximum Gasteiger partial charge on any atom is 0.416 e. The van der Waals surface area contributed by atoms with Crippen LogP contribution >= 0.6 is 11.6 Å². The average molecular weight is 371 g/mol. The number of hydrogen-bond donors (Lipinski definition) is 0. The first-order valence-electron chi connectivity index (χ1n) is 7.44. The molecule has 0 radical (unpaired) electrons. The smallest absolute Gasteiger partial charge is 0.328 e. The number of fused-ring (bicyclic) bond motifs is 1. The van der Waals surface area contributed by atoms with Crippen LogP contribution in [-0.2, 0) is 26.3 Å². The normalized spacial score (nSPS) is 13.9. The summed E-state index contributed by atoms with van der Waals surface area (Å²) in [5, 5.41) is 0.116. The van der Waals surface area contributed by atoms with Gasteiger partial charge in [0, 0.05) is 24.8 Å². The lowest BCUT2D eigenvalue weighted by molar-refractivity contribution is -0.137. The SMILES string of the molecule is Cc1c2c(n(C)c(=O)c1Cl)CN(C(=O)c1ccc(C(F)(F)F)cc1)C2. The van der Waals surface area contributed by atoms with Crippen molar-refractivity contribution in [3.8, 4) is 0 Å². The highest BCUT2D eigenvalue weighted by molar-refractivity contribution is 6.31. The standard InChI is InChI=1S/C17H14ClF3N2O2/c1-9-12-7-23(8-13(12)22(2)16(25)14(9)18)15(24)10-3-5-11(6-4-10)17(19,20)21/h3-6H,7-8H2,1-2H3. The monoisotopic (exact) mass is 370 g/mol. The van der Waals surface area contributed by atoms with Crippen molar-refractivity contribution in [2.75, 3.05) is 0 Å². The third kappa shape index (κ3) is 2.93. The van der Waals surface area contributed by atoms with Crippen molar-refractivity contribution in [3.63, 3.8) is 0 Å². The molecule has 1 aromatic heterocycles. The van der Waals surface area contributed by atoms with Gasteiger partial charge in [-0.2, -0.15) is 13.2 Å². The van der Waals surface area contributed by atoms with Gasteiger partial charge in [0.1, 0.15) is 5.02 Å². The van der Waals surface area contributed by atoms with Crippen LogP contribution in [0, 0.1) is 6.92 Å². The lowest BCUT2D eigenvalue weighted by Crippen LogP contribution is -2.26. The molecule has 0 atom stereocenters. The maximum absolute atomic E-state index is 12.6. The molecule has 8 heteroatoms. The van der Waals surface area contributed by atoms with Crippen LogP contribution in [0.2, 0.25) is 5.02 Å². The number of alkyl halides is 3. The molecule has 1 aromatic carbocycles. The Balaban J connectivity index is 1.90. The van der Waals surface area contributed by atoms with E-state index >= 15 is 0 Å². The minimum atomic E-state index is -4.45. The van der Waals surface area contributed by atoms with Crippen molar-refractivity contribution in [1.29, 1.82) is 0 Å². The lowest BCUT2D eigenvalue weighted by Gasteiger charge is -2.16. The van der Waals surface area contributed by atoms with E-state index in [1.54, 1.807) is 14.0 Å². The molecule has 0 fully saturated rings. The zero-order chi connectivity index (χ0) is 18.5. The van der Waals surface area contributed by atoms with Crippen LogP contribution < -0.4 is 5.56 Å². The van der Waals surface area contributed by atoms with Gasteiger partial charge in [-0.25, -0.2) is 0 Å². The third-order valence-corrected chi connectivity index (χ3v) is 4.91. The van der Waals surface area contributed by atoms with E-state index in [4.69, 9.17) is 11.6 Å². The number of aromatic nitrogens is 1. The van der Waals surface area contributed by atoms with Crippen molar-refractivity contribution in [2.45, 2.75) is 26.2 Å². The molecule has 0 saturated carbocycles. The molecule has 0 bridgehead atoms. The first-order chi connectivity index (χ1) is 11.6. The molecule has 0 spiro atoms. The van der Waals surface area contributed by atoms with Crippen molar-refractivity contribution in [2.24, 2.45) is 7.05 Å². The predicted octanol–water partition coefficient (Wildman–Crippen LogP) is 3.52. The van der Waals surface area contributed by atoms with Gasteiger partial charge in [-0.1, -0.05) is 11.6 Å². The molecule has 2 heterocycles. The summed E-state index contributed by atoms with van der Waals surface area (Å²) in [7, 11) is 1.58. The van der Waals surface area contributed by atoms with Crippen LogP contribution in [0.25, 0.3) is 0 Å². The number of carbonyl (C=O) groups is 1. The Labute approximate surface area is 146 Å². The molecule has 25 heavy (non-hydrogen) atoms. The van der Waals surface area contributed by atoms with Gasteiger partial charge in [-0.3, -0.25) is 9.59 Å². The minimum Gasteiger partial charge on any atom is -0.328 e. The van der Waals surface area contributed by atoms with Crippen molar-refractivity contribution >= 4 is 17.5 Å². The summed E-state index contributed by atoms with van der Waals surface area (Å²) < 4.78 is 39.3. The van der Waals surface area contributed by atoms with Gasteiger partial charge in [0.25, 0.3) is 11.5 Å². The molecule has 1 aliphatic rings. The van der Waals surface area contributed by atoms with Crippen LogP contribution in [0.3, 0.4) is 0 Å². The van der Waals surface area contributed by atoms with Crippen molar-refractivity contribution < 1.29 is 18.0 Å². The second-order valence-corrected chi connectivity index (χ2v) is 6.34. The summed E-state index contributed by atoms with van der Waals surface area (Å²) in [4.78, 5) is 26.1. The third-order valence-electron chi connectivity index (χ3n) is 4.46. The molecule has 0 unspecified atom stereocenters.